The predicted molar refractivity (Wildman–Crippen MR) is 79.8 cm³/mol. The van der Waals surface area contributed by atoms with Gasteiger partial charge in [-0.3, -0.25) is 4.79 Å². The molecule has 1 heterocycles. The third-order valence-electron chi connectivity index (χ3n) is 4.85. The van der Waals surface area contributed by atoms with Gasteiger partial charge in [-0.25, -0.2) is 0 Å². The molecule has 1 aliphatic heterocycles. The summed E-state index contributed by atoms with van der Waals surface area (Å²) in [6.45, 7) is 2.24. The first kappa shape index (κ1) is 14.6. The van der Waals surface area contributed by atoms with E-state index in [0.717, 1.165) is 19.3 Å². The minimum atomic E-state index is 0.204. The molecule has 1 amide bonds. The fraction of sp³-hybridized carbons (Fsp3) is 0.824. The molecule has 0 radical (unpaired) electrons. The fourth-order valence-corrected chi connectivity index (χ4v) is 3.66. The lowest BCUT2D eigenvalue weighted by molar-refractivity contribution is -0.128. The van der Waals surface area contributed by atoms with Crippen molar-refractivity contribution in [2.75, 3.05) is 0 Å². The number of carbonyl (C=O) groups is 1. The molecular weight excluding hydrogens is 234 g/mol. The number of hydrogen-bond acceptors (Lipinski definition) is 1. The van der Waals surface area contributed by atoms with Crippen LogP contribution < -0.4 is 0 Å². The average Bonchev–Trinajstić information content (AvgIpc) is 2.72. The molecule has 1 aliphatic carbocycles. The summed E-state index contributed by atoms with van der Waals surface area (Å²) in [5.74, 6) is 0.353. The second-order valence-corrected chi connectivity index (χ2v) is 6.28. The Balaban J connectivity index is 1.85. The lowest BCUT2D eigenvalue weighted by Gasteiger charge is -2.39. The molecule has 2 aliphatic rings. The third kappa shape index (κ3) is 3.61. The normalized spacial score (nSPS) is 22.8. The summed E-state index contributed by atoms with van der Waals surface area (Å²) in [5.41, 5.74) is 0.204. The van der Waals surface area contributed by atoms with Crippen molar-refractivity contribution in [3.8, 4) is 0 Å². The smallest absolute Gasteiger partial charge is 0.227 e. The van der Waals surface area contributed by atoms with Crippen LogP contribution in [0.1, 0.15) is 84.0 Å². The molecule has 0 atom stereocenters. The molecular formula is C17H29NO. The van der Waals surface area contributed by atoms with Crippen LogP contribution in [0.2, 0.25) is 0 Å². The van der Waals surface area contributed by atoms with Crippen LogP contribution in [-0.2, 0) is 4.79 Å². The van der Waals surface area contributed by atoms with Gasteiger partial charge >= 0.3 is 0 Å². The van der Waals surface area contributed by atoms with Gasteiger partial charge < -0.3 is 4.90 Å². The Labute approximate surface area is 118 Å². The minimum Gasteiger partial charge on any atom is -0.313 e. The molecule has 1 spiro atoms. The summed E-state index contributed by atoms with van der Waals surface area (Å²) in [6.07, 6.45) is 18.9. The van der Waals surface area contributed by atoms with E-state index in [4.69, 9.17) is 0 Å². The highest BCUT2D eigenvalue weighted by Crippen LogP contribution is 2.42. The molecule has 1 saturated heterocycles. The van der Waals surface area contributed by atoms with Gasteiger partial charge in [0.15, 0.2) is 0 Å². The number of allylic oxidation sites excluding steroid dienone is 1. The van der Waals surface area contributed by atoms with Gasteiger partial charge in [-0.05, 0) is 32.1 Å². The lowest BCUT2D eigenvalue weighted by atomic mass is 9.80. The summed E-state index contributed by atoms with van der Waals surface area (Å²) in [4.78, 5) is 14.2. The van der Waals surface area contributed by atoms with Gasteiger partial charge in [0.25, 0.3) is 0 Å². The molecule has 0 bridgehead atoms. The largest absolute Gasteiger partial charge is 0.313 e. The van der Waals surface area contributed by atoms with E-state index in [1.165, 1.54) is 57.8 Å². The summed E-state index contributed by atoms with van der Waals surface area (Å²) < 4.78 is 0. The molecule has 1 saturated carbocycles. The molecule has 2 heteroatoms. The molecule has 0 N–H and O–H groups in total. The zero-order chi connectivity index (χ0) is 13.6. The number of unbranched alkanes of at least 4 members (excludes halogenated alkanes) is 4. The second-order valence-electron chi connectivity index (χ2n) is 6.28. The fourth-order valence-electron chi connectivity index (χ4n) is 3.66. The van der Waals surface area contributed by atoms with Crippen molar-refractivity contribution in [2.24, 2.45) is 0 Å². The van der Waals surface area contributed by atoms with E-state index >= 15 is 0 Å². The van der Waals surface area contributed by atoms with Crippen molar-refractivity contribution >= 4 is 5.91 Å². The van der Waals surface area contributed by atoms with Gasteiger partial charge in [0.1, 0.15) is 0 Å². The molecule has 108 valence electrons. The quantitative estimate of drug-likeness (QED) is 0.631. The standard InChI is InChI=1S/C17H29NO/c1-2-3-4-5-6-10-15-18-16(19)11-14-17(18)12-8-7-9-13-17/h10,15H,2-9,11-14H2,1H3/b15-10+. The highest BCUT2D eigenvalue weighted by atomic mass is 16.2. The van der Waals surface area contributed by atoms with Crippen molar-refractivity contribution in [3.05, 3.63) is 12.3 Å². The number of likely N-dealkylation sites (tertiary alicyclic amines) is 1. The van der Waals surface area contributed by atoms with Gasteiger partial charge in [-0.15, -0.1) is 0 Å². The Morgan fingerprint density at radius 1 is 1.11 bits per heavy atom. The Hall–Kier alpha value is -0.790. The van der Waals surface area contributed by atoms with E-state index in [2.05, 4.69) is 24.1 Å². The summed E-state index contributed by atoms with van der Waals surface area (Å²) >= 11 is 0. The summed E-state index contributed by atoms with van der Waals surface area (Å²) in [5, 5.41) is 0. The highest BCUT2D eigenvalue weighted by molar-refractivity contribution is 5.80. The van der Waals surface area contributed by atoms with Crippen molar-refractivity contribution < 1.29 is 4.79 Å². The Morgan fingerprint density at radius 3 is 2.63 bits per heavy atom. The van der Waals surface area contributed by atoms with Crippen molar-refractivity contribution in [1.82, 2.24) is 4.90 Å². The molecule has 2 rings (SSSR count). The summed E-state index contributed by atoms with van der Waals surface area (Å²) in [7, 11) is 0. The van der Waals surface area contributed by atoms with E-state index < -0.39 is 0 Å². The number of amides is 1. The van der Waals surface area contributed by atoms with Crippen LogP contribution in [0, 0.1) is 0 Å². The summed E-state index contributed by atoms with van der Waals surface area (Å²) in [6, 6.07) is 0. The van der Waals surface area contributed by atoms with Crippen LogP contribution in [0.15, 0.2) is 12.3 Å². The molecule has 2 nitrogen and oxygen atoms in total. The number of hydrogen-bond donors (Lipinski definition) is 0. The van der Waals surface area contributed by atoms with Gasteiger partial charge in [0.2, 0.25) is 5.91 Å². The zero-order valence-corrected chi connectivity index (χ0v) is 12.5. The molecule has 0 aromatic rings. The zero-order valence-electron chi connectivity index (χ0n) is 12.5. The first-order chi connectivity index (χ1) is 9.28. The maximum absolute atomic E-state index is 12.1. The van der Waals surface area contributed by atoms with Gasteiger partial charge in [0.05, 0.1) is 0 Å². The topological polar surface area (TPSA) is 20.3 Å². The molecule has 0 aromatic carbocycles. The Bertz CT molecular complexity index is 315. The van der Waals surface area contributed by atoms with Crippen LogP contribution in [-0.4, -0.2) is 16.3 Å². The van der Waals surface area contributed by atoms with Gasteiger partial charge in [-0.1, -0.05) is 51.5 Å². The lowest BCUT2D eigenvalue weighted by Crippen LogP contribution is -2.43. The Kier molecular flexibility index (Phi) is 5.47. The maximum Gasteiger partial charge on any atom is 0.227 e. The first-order valence-corrected chi connectivity index (χ1v) is 8.27. The molecule has 0 aromatic heterocycles. The average molecular weight is 263 g/mol. The number of rotatable bonds is 6. The van der Waals surface area contributed by atoms with Crippen molar-refractivity contribution in [3.63, 3.8) is 0 Å². The number of carbonyl (C=O) groups excluding carboxylic acids is 1. The van der Waals surface area contributed by atoms with E-state index in [-0.39, 0.29) is 5.54 Å². The van der Waals surface area contributed by atoms with E-state index in [1.54, 1.807) is 0 Å². The van der Waals surface area contributed by atoms with E-state index in [0.29, 0.717) is 5.91 Å². The van der Waals surface area contributed by atoms with Crippen molar-refractivity contribution in [1.29, 1.82) is 0 Å². The van der Waals surface area contributed by atoms with Gasteiger partial charge in [0, 0.05) is 18.2 Å². The molecule has 19 heavy (non-hydrogen) atoms. The van der Waals surface area contributed by atoms with Crippen LogP contribution >= 0.6 is 0 Å². The highest BCUT2D eigenvalue weighted by Gasteiger charge is 2.44. The van der Waals surface area contributed by atoms with E-state index in [9.17, 15) is 4.79 Å². The Morgan fingerprint density at radius 2 is 1.89 bits per heavy atom. The SMILES string of the molecule is CCCCCC/C=C/N1C(=O)CCC12CCCCC2. The van der Waals surface area contributed by atoms with Crippen LogP contribution in [0.3, 0.4) is 0 Å². The number of nitrogens with zero attached hydrogens (tertiary/aromatic N) is 1. The van der Waals surface area contributed by atoms with E-state index in [1.807, 2.05) is 0 Å². The molecule has 2 fully saturated rings. The monoisotopic (exact) mass is 263 g/mol. The maximum atomic E-state index is 12.1. The van der Waals surface area contributed by atoms with Crippen LogP contribution in [0.5, 0.6) is 0 Å². The minimum absolute atomic E-state index is 0.204. The van der Waals surface area contributed by atoms with Crippen molar-refractivity contribution in [2.45, 2.75) is 89.5 Å². The predicted octanol–water partition coefficient (Wildman–Crippen LogP) is 4.80. The second kappa shape index (κ2) is 7.12. The molecule has 0 unspecified atom stereocenters. The third-order valence-corrected chi connectivity index (χ3v) is 4.85. The van der Waals surface area contributed by atoms with Crippen LogP contribution in [0.25, 0.3) is 0 Å². The van der Waals surface area contributed by atoms with Gasteiger partial charge in [-0.2, -0.15) is 0 Å². The van der Waals surface area contributed by atoms with Crippen LogP contribution in [0.4, 0.5) is 0 Å². The first-order valence-electron chi connectivity index (χ1n) is 8.27.